The first-order valence-corrected chi connectivity index (χ1v) is 6.36. The molecule has 1 heterocycles. The molecule has 0 fully saturated rings. The monoisotopic (exact) mass is 297 g/mol. The van der Waals surface area contributed by atoms with E-state index in [2.05, 4.69) is 16.5 Å². The van der Waals surface area contributed by atoms with E-state index in [1.807, 2.05) is 6.07 Å². The second kappa shape index (κ2) is 6.01. The van der Waals surface area contributed by atoms with E-state index in [4.69, 9.17) is 16.2 Å². The van der Waals surface area contributed by atoms with Crippen LogP contribution in [-0.2, 0) is 6.42 Å². The molecule has 0 atom stereocenters. The molecule has 5 N–H and O–H groups in total. The average molecular weight is 297 g/mol. The van der Waals surface area contributed by atoms with Gasteiger partial charge in [0.1, 0.15) is 17.5 Å². The number of nitrogen functional groups attached to an aromatic ring is 2. The molecule has 2 aromatic rings. The van der Waals surface area contributed by atoms with Gasteiger partial charge in [-0.15, -0.1) is 6.58 Å². The van der Waals surface area contributed by atoms with E-state index < -0.39 is 0 Å². The first kappa shape index (κ1) is 15.1. The molecule has 0 aliphatic heterocycles. The number of anilines is 2. The van der Waals surface area contributed by atoms with E-state index in [0.717, 1.165) is 0 Å². The first-order chi connectivity index (χ1) is 10.5. The van der Waals surface area contributed by atoms with Gasteiger partial charge in [-0.05, 0) is 18.6 Å². The van der Waals surface area contributed by atoms with Crippen molar-refractivity contribution in [3.63, 3.8) is 0 Å². The summed E-state index contributed by atoms with van der Waals surface area (Å²) in [4.78, 5) is 7.86. The Balaban J connectivity index is 2.75. The fourth-order valence-electron chi connectivity index (χ4n) is 2.08. The van der Waals surface area contributed by atoms with E-state index in [1.54, 1.807) is 18.2 Å². The van der Waals surface area contributed by atoms with Crippen molar-refractivity contribution in [3.8, 4) is 28.8 Å². The van der Waals surface area contributed by atoms with Gasteiger partial charge in [-0.2, -0.15) is 10.2 Å². The number of methoxy groups -OCH3 is 1. The molecule has 0 radical (unpaired) electrons. The van der Waals surface area contributed by atoms with Gasteiger partial charge in [-0.1, -0.05) is 6.08 Å². The molecule has 7 nitrogen and oxygen atoms in total. The number of phenolic OH excluding ortho intramolecular Hbond substituents is 1. The summed E-state index contributed by atoms with van der Waals surface area (Å²) < 4.78 is 5.16. The Morgan fingerprint density at radius 3 is 2.73 bits per heavy atom. The quantitative estimate of drug-likeness (QED) is 0.730. The molecule has 1 aromatic carbocycles. The SMILES string of the molecule is C=CCc1cc(-c2nc(N)nc(N)c2C#N)cc(OC)c1O. The van der Waals surface area contributed by atoms with Crippen LogP contribution in [0.2, 0.25) is 0 Å². The number of hydrogen-bond donors (Lipinski definition) is 3. The summed E-state index contributed by atoms with van der Waals surface area (Å²) in [6.45, 7) is 3.65. The lowest BCUT2D eigenvalue weighted by Crippen LogP contribution is -2.05. The molecule has 0 aliphatic carbocycles. The number of phenols is 1. The Labute approximate surface area is 127 Å². The highest BCUT2D eigenvalue weighted by Crippen LogP contribution is 2.37. The molecule has 0 saturated heterocycles. The zero-order chi connectivity index (χ0) is 16.3. The van der Waals surface area contributed by atoms with Crippen molar-refractivity contribution in [2.45, 2.75) is 6.42 Å². The number of nitriles is 1. The third-order valence-corrected chi connectivity index (χ3v) is 3.08. The van der Waals surface area contributed by atoms with Crippen LogP contribution in [0.15, 0.2) is 24.8 Å². The molecular formula is C15H15N5O2. The van der Waals surface area contributed by atoms with Crippen molar-refractivity contribution in [2.75, 3.05) is 18.6 Å². The molecule has 0 saturated carbocycles. The highest BCUT2D eigenvalue weighted by Gasteiger charge is 2.17. The van der Waals surface area contributed by atoms with Crippen molar-refractivity contribution in [3.05, 3.63) is 35.9 Å². The van der Waals surface area contributed by atoms with Crippen LogP contribution in [0.3, 0.4) is 0 Å². The summed E-state index contributed by atoms with van der Waals surface area (Å²) >= 11 is 0. The summed E-state index contributed by atoms with van der Waals surface area (Å²) in [5.74, 6) is 0.236. The Bertz CT molecular complexity index is 780. The van der Waals surface area contributed by atoms with Crippen LogP contribution in [0, 0.1) is 11.3 Å². The van der Waals surface area contributed by atoms with E-state index >= 15 is 0 Å². The van der Waals surface area contributed by atoms with Gasteiger partial charge >= 0.3 is 0 Å². The van der Waals surface area contributed by atoms with Crippen LogP contribution >= 0.6 is 0 Å². The van der Waals surface area contributed by atoms with Gasteiger partial charge in [-0.25, -0.2) is 4.98 Å². The predicted molar refractivity (Wildman–Crippen MR) is 83.1 cm³/mol. The number of allylic oxidation sites excluding steroid dienone is 1. The van der Waals surface area contributed by atoms with E-state index in [1.165, 1.54) is 7.11 Å². The minimum absolute atomic E-state index is 0.00214. The minimum Gasteiger partial charge on any atom is -0.504 e. The second-order valence-corrected chi connectivity index (χ2v) is 4.48. The summed E-state index contributed by atoms with van der Waals surface area (Å²) in [6, 6.07) is 5.21. The molecule has 1 aromatic heterocycles. The van der Waals surface area contributed by atoms with Crippen molar-refractivity contribution >= 4 is 11.8 Å². The van der Waals surface area contributed by atoms with Crippen molar-refractivity contribution in [1.82, 2.24) is 9.97 Å². The number of benzene rings is 1. The third kappa shape index (κ3) is 2.62. The lowest BCUT2D eigenvalue weighted by atomic mass is 10.0. The first-order valence-electron chi connectivity index (χ1n) is 6.36. The standard InChI is InChI=1S/C15H15N5O2/c1-3-4-8-5-9(6-11(22-2)13(8)21)12-10(7-16)14(17)20-15(18)19-12/h3,5-6,21H,1,4H2,2H3,(H4,17,18,19,20). The maximum absolute atomic E-state index is 10.1. The number of aromatic nitrogens is 2. The zero-order valence-corrected chi connectivity index (χ0v) is 12.0. The Morgan fingerprint density at radius 1 is 1.41 bits per heavy atom. The van der Waals surface area contributed by atoms with Gasteiger partial charge in [0, 0.05) is 11.1 Å². The summed E-state index contributed by atoms with van der Waals surface area (Å²) in [5.41, 5.74) is 12.9. The Morgan fingerprint density at radius 2 is 2.14 bits per heavy atom. The third-order valence-electron chi connectivity index (χ3n) is 3.08. The van der Waals surface area contributed by atoms with Crippen molar-refractivity contribution in [1.29, 1.82) is 5.26 Å². The van der Waals surface area contributed by atoms with Gasteiger partial charge < -0.3 is 21.3 Å². The van der Waals surface area contributed by atoms with Gasteiger partial charge in [0.2, 0.25) is 5.95 Å². The van der Waals surface area contributed by atoms with Crippen LogP contribution < -0.4 is 16.2 Å². The van der Waals surface area contributed by atoms with Crippen LogP contribution in [0.25, 0.3) is 11.3 Å². The predicted octanol–water partition coefficient (Wildman–Crippen LogP) is 1.62. The zero-order valence-electron chi connectivity index (χ0n) is 12.0. The van der Waals surface area contributed by atoms with Gasteiger partial charge in [0.05, 0.1) is 12.8 Å². The van der Waals surface area contributed by atoms with Crippen LogP contribution in [-0.4, -0.2) is 22.2 Å². The molecule has 0 bridgehead atoms. The van der Waals surface area contributed by atoms with Crippen molar-refractivity contribution in [2.24, 2.45) is 0 Å². The van der Waals surface area contributed by atoms with Crippen molar-refractivity contribution < 1.29 is 9.84 Å². The normalized spacial score (nSPS) is 10.0. The molecule has 0 unspecified atom stereocenters. The van der Waals surface area contributed by atoms with E-state index in [9.17, 15) is 10.4 Å². The smallest absolute Gasteiger partial charge is 0.222 e. The lowest BCUT2D eigenvalue weighted by Gasteiger charge is -2.12. The molecular weight excluding hydrogens is 282 g/mol. The highest BCUT2D eigenvalue weighted by atomic mass is 16.5. The Kier molecular flexibility index (Phi) is 4.13. The highest BCUT2D eigenvalue weighted by molar-refractivity contribution is 5.75. The minimum atomic E-state index is -0.0381. The number of hydrogen-bond acceptors (Lipinski definition) is 7. The van der Waals surface area contributed by atoms with E-state index in [-0.39, 0.29) is 34.5 Å². The Hall–Kier alpha value is -3.27. The number of nitrogens with two attached hydrogens (primary N) is 2. The second-order valence-electron chi connectivity index (χ2n) is 4.48. The van der Waals surface area contributed by atoms with Crippen LogP contribution in [0.1, 0.15) is 11.1 Å². The molecule has 0 aliphatic rings. The molecule has 112 valence electrons. The fourth-order valence-corrected chi connectivity index (χ4v) is 2.08. The van der Waals surface area contributed by atoms with Gasteiger partial charge in [0.15, 0.2) is 11.5 Å². The topological polar surface area (TPSA) is 131 Å². The number of nitrogens with zero attached hydrogens (tertiary/aromatic N) is 3. The average Bonchev–Trinajstić information content (AvgIpc) is 2.48. The summed E-state index contributed by atoms with van der Waals surface area (Å²) in [7, 11) is 1.43. The number of aromatic hydroxyl groups is 1. The molecule has 22 heavy (non-hydrogen) atoms. The molecule has 2 rings (SSSR count). The van der Waals surface area contributed by atoms with Crippen LogP contribution in [0.5, 0.6) is 11.5 Å². The fraction of sp³-hybridized carbons (Fsp3) is 0.133. The number of rotatable bonds is 4. The number of ether oxygens (including phenoxy) is 1. The summed E-state index contributed by atoms with van der Waals surface area (Å²) in [6.07, 6.45) is 2.07. The summed E-state index contributed by atoms with van der Waals surface area (Å²) in [5, 5.41) is 19.4. The maximum Gasteiger partial charge on any atom is 0.222 e. The van der Waals surface area contributed by atoms with E-state index in [0.29, 0.717) is 17.5 Å². The molecule has 0 amide bonds. The van der Waals surface area contributed by atoms with Gasteiger partial charge in [-0.3, -0.25) is 0 Å². The molecule has 0 spiro atoms. The molecule has 7 heteroatoms. The maximum atomic E-state index is 10.1. The lowest BCUT2D eigenvalue weighted by molar-refractivity contribution is 0.371. The van der Waals surface area contributed by atoms with Gasteiger partial charge in [0.25, 0.3) is 0 Å². The van der Waals surface area contributed by atoms with Crippen LogP contribution in [0.4, 0.5) is 11.8 Å². The largest absolute Gasteiger partial charge is 0.504 e.